The molecular weight excluding hydrogens is 280 g/mol. The zero-order valence-corrected chi connectivity index (χ0v) is 12.5. The van der Waals surface area contributed by atoms with Crippen LogP contribution in [0.3, 0.4) is 0 Å². The molecule has 1 atom stereocenters. The first-order chi connectivity index (χ1) is 9.13. The fourth-order valence-electron chi connectivity index (χ4n) is 1.94. The molecule has 0 heterocycles. The van der Waals surface area contributed by atoms with Crippen molar-refractivity contribution in [3.05, 3.63) is 23.8 Å². The fourth-order valence-corrected chi connectivity index (χ4v) is 1.94. The number of hydrogen-bond acceptors (Lipinski definition) is 4. The van der Waals surface area contributed by atoms with Gasteiger partial charge in [-0.3, -0.25) is 4.79 Å². The lowest BCUT2D eigenvalue weighted by Gasteiger charge is -2.12. The standard InChI is InChI=1S/C14H20N2O3.ClH/c1-18-11-5-10(6-12(7-11)19-2)14(17)16-8-13(15)9-3-4-9;/h5-7,9,13H,3-4,8,15H2,1-2H3,(H,16,17);1H. The molecule has 1 fully saturated rings. The van der Waals surface area contributed by atoms with Gasteiger partial charge in [0, 0.05) is 24.2 Å². The second kappa shape index (κ2) is 7.36. The predicted octanol–water partition coefficient (Wildman–Crippen LogP) is 1.59. The van der Waals surface area contributed by atoms with Crippen LogP contribution in [-0.4, -0.2) is 32.7 Å². The van der Waals surface area contributed by atoms with E-state index in [2.05, 4.69) is 5.32 Å². The highest BCUT2D eigenvalue weighted by molar-refractivity contribution is 5.95. The van der Waals surface area contributed by atoms with Crippen LogP contribution < -0.4 is 20.5 Å². The van der Waals surface area contributed by atoms with Gasteiger partial charge in [-0.15, -0.1) is 12.4 Å². The fraction of sp³-hybridized carbons (Fsp3) is 0.500. The molecular formula is C14H21ClN2O3. The van der Waals surface area contributed by atoms with Gasteiger partial charge in [-0.2, -0.15) is 0 Å². The molecule has 5 nitrogen and oxygen atoms in total. The zero-order valence-electron chi connectivity index (χ0n) is 11.7. The molecule has 1 amide bonds. The van der Waals surface area contributed by atoms with Crippen molar-refractivity contribution in [3.63, 3.8) is 0 Å². The van der Waals surface area contributed by atoms with Crippen molar-refractivity contribution >= 4 is 18.3 Å². The Hall–Kier alpha value is -1.46. The lowest BCUT2D eigenvalue weighted by Crippen LogP contribution is -2.38. The van der Waals surface area contributed by atoms with Crippen LogP contribution in [0.15, 0.2) is 18.2 Å². The molecule has 1 aliphatic rings. The number of ether oxygens (including phenoxy) is 2. The lowest BCUT2D eigenvalue weighted by atomic mass is 10.1. The number of carbonyl (C=O) groups is 1. The molecule has 0 aromatic heterocycles. The summed E-state index contributed by atoms with van der Waals surface area (Å²) in [7, 11) is 3.11. The van der Waals surface area contributed by atoms with E-state index >= 15 is 0 Å². The zero-order chi connectivity index (χ0) is 13.8. The van der Waals surface area contributed by atoms with E-state index in [1.807, 2.05) is 0 Å². The average molecular weight is 301 g/mol. The number of rotatable bonds is 6. The normalized spacial score (nSPS) is 14.9. The van der Waals surface area contributed by atoms with E-state index in [4.69, 9.17) is 15.2 Å². The number of nitrogens with two attached hydrogens (primary N) is 1. The first-order valence-corrected chi connectivity index (χ1v) is 6.41. The largest absolute Gasteiger partial charge is 0.497 e. The van der Waals surface area contributed by atoms with Gasteiger partial charge in [-0.05, 0) is 30.9 Å². The van der Waals surface area contributed by atoms with Gasteiger partial charge < -0.3 is 20.5 Å². The summed E-state index contributed by atoms with van der Waals surface area (Å²) in [5, 5.41) is 2.85. The molecule has 0 radical (unpaired) electrons. The van der Waals surface area contributed by atoms with Crippen molar-refractivity contribution < 1.29 is 14.3 Å². The van der Waals surface area contributed by atoms with Gasteiger partial charge in [0.1, 0.15) is 11.5 Å². The predicted molar refractivity (Wildman–Crippen MR) is 79.8 cm³/mol. The number of benzene rings is 1. The van der Waals surface area contributed by atoms with Gasteiger partial charge in [0.15, 0.2) is 0 Å². The van der Waals surface area contributed by atoms with Crippen LogP contribution in [0, 0.1) is 5.92 Å². The van der Waals surface area contributed by atoms with E-state index in [0.717, 1.165) is 0 Å². The molecule has 0 saturated heterocycles. The molecule has 3 N–H and O–H groups in total. The lowest BCUT2D eigenvalue weighted by molar-refractivity contribution is 0.0949. The number of hydrogen-bond donors (Lipinski definition) is 2. The van der Waals surface area contributed by atoms with Gasteiger partial charge in [-0.1, -0.05) is 0 Å². The average Bonchev–Trinajstić information content (AvgIpc) is 3.28. The van der Waals surface area contributed by atoms with Crippen molar-refractivity contribution in [2.45, 2.75) is 18.9 Å². The third kappa shape index (κ3) is 4.28. The maximum Gasteiger partial charge on any atom is 0.251 e. The molecule has 6 heteroatoms. The number of methoxy groups -OCH3 is 2. The molecule has 1 aliphatic carbocycles. The first kappa shape index (κ1) is 16.6. The summed E-state index contributed by atoms with van der Waals surface area (Å²) in [5.41, 5.74) is 6.47. The summed E-state index contributed by atoms with van der Waals surface area (Å²) in [6.45, 7) is 0.503. The number of amides is 1. The first-order valence-electron chi connectivity index (χ1n) is 6.41. The summed E-state index contributed by atoms with van der Waals surface area (Å²) in [6, 6.07) is 5.14. The third-order valence-corrected chi connectivity index (χ3v) is 3.34. The van der Waals surface area contributed by atoms with Crippen molar-refractivity contribution in [2.75, 3.05) is 20.8 Å². The Morgan fingerprint density at radius 1 is 1.30 bits per heavy atom. The van der Waals surface area contributed by atoms with Crippen LogP contribution in [0.2, 0.25) is 0 Å². The molecule has 0 spiro atoms. The minimum atomic E-state index is -0.159. The molecule has 0 aliphatic heterocycles. The molecule has 0 bridgehead atoms. The second-order valence-electron chi connectivity index (χ2n) is 4.81. The highest BCUT2D eigenvalue weighted by atomic mass is 35.5. The number of halogens is 1. The van der Waals surface area contributed by atoms with Gasteiger partial charge in [-0.25, -0.2) is 0 Å². The van der Waals surface area contributed by atoms with Gasteiger partial charge in [0.25, 0.3) is 5.91 Å². The Labute approximate surface area is 125 Å². The summed E-state index contributed by atoms with van der Waals surface area (Å²) < 4.78 is 10.3. The summed E-state index contributed by atoms with van der Waals surface area (Å²) in [4.78, 5) is 12.1. The molecule has 1 aromatic carbocycles. The van der Waals surface area contributed by atoms with Crippen molar-refractivity contribution in [2.24, 2.45) is 11.7 Å². The van der Waals surface area contributed by atoms with Crippen molar-refractivity contribution in [1.82, 2.24) is 5.32 Å². The van der Waals surface area contributed by atoms with Crippen LogP contribution in [0.4, 0.5) is 0 Å². The molecule has 2 rings (SSSR count). The van der Waals surface area contributed by atoms with Gasteiger partial charge in [0.2, 0.25) is 0 Å². The van der Waals surface area contributed by atoms with E-state index in [1.54, 1.807) is 32.4 Å². The Balaban J connectivity index is 0.00000200. The monoisotopic (exact) mass is 300 g/mol. The van der Waals surface area contributed by atoms with E-state index < -0.39 is 0 Å². The SMILES string of the molecule is COc1cc(OC)cc(C(=O)NCC(N)C2CC2)c1.Cl. The Morgan fingerprint density at radius 3 is 2.30 bits per heavy atom. The van der Waals surface area contributed by atoms with E-state index in [-0.39, 0.29) is 24.4 Å². The molecule has 1 aromatic rings. The topological polar surface area (TPSA) is 73.6 Å². The smallest absolute Gasteiger partial charge is 0.251 e. The van der Waals surface area contributed by atoms with Crippen LogP contribution in [0.5, 0.6) is 11.5 Å². The van der Waals surface area contributed by atoms with Crippen LogP contribution >= 0.6 is 12.4 Å². The molecule has 20 heavy (non-hydrogen) atoms. The van der Waals surface area contributed by atoms with E-state index in [1.165, 1.54) is 12.8 Å². The minimum absolute atomic E-state index is 0. The van der Waals surface area contributed by atoms with Crippen molar-refractivity contribution in [3.8, 4) is 11.5 Å². The molecule has 1 saturated carbocycles. The maximum atomic E-state index is 12.1. The summed E-state index contributed by atoms with van der Waals surface area (Å²) >= 11 is 0. The van der Waals surface area contributed by atoms with E-state index in [9.17, 15) is 4.79 Å². The number of nitrogens with one attached hydrogen (secondary N) is 1. The Bertz CT molecular complexity index is 441. The summed E-state index contributed by atoms with van der Waals surface area (Å²) in [6.07, 6.45) is 2.34. The highest BCUT2D eigenvalue weighted by Crippen LogP contribution is 2.31. The highest BCUT2D eigenvalue weighted by Gasteiger charge is 2.28. The van der Waals surface area contributed by atoms with Crippen molar-refractivity contribution in [1.29, 1.82) is 0 Å². The minimum Gasteiger partial charge on any atom is -0.497 e. The molecule has 112 valence electrons. The second-order valence-corrected chi connectivity index (χ2v) is 4.81. The van der Waals surface area contributed by atoms with Crippen LogP contribution in [0.1, 0.15) is 23.2 Å². The van der Waals surface area contributed by atoms with Crippen LogP contribution in [-0.2, 0) is 0 Å². The maximum absolute atomic E-state index is 12.1. The summed E-state index contributed by atoms with van der Waals surface area (Å²) in [5.74, 6) is 1.60. The van der Waals surface area contributed by atoms with Crippen LogP contribution in [0.25, 0.3) is 0 Å². The number of carbonyl (C=O) groups excluding carboxylic acids is 1. The third-order valence-electron chi connectivity index (χ3n) is 3.34. The Kier molecular flexibility index (Phi) is 6.10. The Morgan fingerprint density at radius 2 is 1.85 bits per heavy atom. The van der Waals surface area contributed by atoms with E-state index in [0.29, 0.717) is 29.5 Å². The molecule has 1 unspecified atom stereocenters. The van der Waals surface area contributed by atoms with Gasteiger partial charge in [0.05, 0.1) is 14.2 Å². The van der Waals surface area contributed by atoms with Gasteiger partial charge >= 0.3 is 0 Å². The quantitative estimate of drug-likeness (QED) is 0.837.